The lowest BCUT2D eigenvalue weighted by Crippen LogP contribution is -2.46. The summed E-state index contributed by atoms with van der Waals surface area (Å²) in [5.41, 5.74) is 5.20. The Hall–Kier alpha value is -3.62. The summed E-state index contributed by atoms with van der Waals surface area (Å²) < 4.78 is 4.70. The van der Waals surface area contributed by atoms with E-state index < -0.39 is 0 Å². The number of piperazine rings is 1. The molecule has 1 aliphatic rings. The zero-order valence-corrected chi connectivity index (χ0v) is 19.3. The van der Waals surface area contributed by atoms with Crippen molar-refractivity contribution in [3.63, 3.8) is 0 Å². The van der Waals surface area contributed by atoms with Crippen LogP contribution in [0.1, 0.15) is 11.1 Å². The largest absolute Gasteiger partial charge is 0.368 e. The maximum absolute atomic E-state index is 12.4. The van der Waals surface area contributed by atoms with Gasteiger partial charge in [0, 0.05) is 45.0 Å². The first kappa shape index (κ1) is 22.2. The van der Waals surface area contributed by atoms with Gasteiger partial charge in [0.15, 0.2) is 0 Å². The smallest absolute Gasteiger partial charge is 0.319 e. The predicted molar refractivity (Wildman–Crippen MR) is 133 cm³/mol. The maximum atomic E-state index is 12.4. The highest BCUT2D eigenvalue weighted by molar-refractivity contribution is 6.33. The fourth-order valence-corrected chi connectivity index (χ4v) is 4.42. The number of carbonyl (C=O) groups excluding carboxylic acids is 1. The quantitative estimate of drug-likeness (QED) is 0.425. The van der Waals surface area contributed by atoms with Crippen LogP contribution in [0.5, 0.6) is 0 Å². The summed E-state index contributed by atoms with van der Waals surface area (Å²) in [5, 5.41) is 13.9. The van der Waals surface area contributed by atoms with Crippen LogP contribution in [0.3, 0.4) is 0 Å². The molecule has 0 atom stereocenters. The van der Waals surface area contributed by atoms with Crippen molar-refractivity contribution in [2.75, 3.05) is 36.4 Å². The van der Waals surface area contributed by atoms with E-state index in [0.717, 1.165) is 44.0 Å². The topological polar surface area (TPSA) is 86.5 Å². The summed E-state index contributed by atoms with van der Waals surface area (Å²) in [4.78, 5) is 17.1. The molecule has 2 heterocycles. The summed E-state index contributed by atoms with van der Waals surface area (Å²) in [6, 6.07) is 21.4. The molecule has 8 nitrogen and oxygen atoms in total. The highest BCUT2D eigenvalue weighted by Gasteiger charge is 2.19. The molecule has 0 radical (unpaired) electrons. The number of halogens is 1. The van der Waals surface area contributed by atoms with Gasteiger partial charge in [-0.3, -0.25) is 4.90 Å². The molecule has 4 aromatic rings. The van der Waals surface area contributed by atoms with E-state index in [1.165, 1.54) is 5.56 Å². The molecule has 5 rings (SSSR count). The van der Waals surface area contributed by atoms with E-state index in [4.69, 9.17) is 16.2 Å². The van der Waals surface area contributed by atoms with Crippen LogP contribution in [0.2, 0.25) is 5.02 Å². The van der Waals surface area contributed by atoms with Gasteiger partial charge < -0.3 is 15.5 Å². The van der Waals surface area contributed by atoms with Crippen LogP contribution < -0.4 is 15.5 Å². The van der Waals surface area contributed by atoms with Gasteiger partial charge in [0.25, 0.3) is 0 Å². The van der Waals surface area contributed by atoms with Crippen LogP contribution >= 0.6 is 11.6 Å². The molecule has 1 aromatic heterocycles. The van der Waals surface area contributed by atoms with Crippen molar-refractivity contribution in [2.45, 2.75) is 13.1 Å². The van der Waals surface area contributed by atoms with Crippen molar-refractivity contribution in [1.82, 2.24) is 20.5 Å². The Morgan fingerprint density at radius 2 is 1.71 bits per heavy atom. The van der Waals surface area contributed by atoms with Crippen LogP contribution in [0.15, 0.2) is 71.4 Å². The summed E-state index contributed by atoms with van der Waals surface area (Å²) in [5.74, 6) is 0. The van der Waals surface area contributed by atoms with E-state index in [0.29, 0.717) is 28.3 Å². The van der Waals surface area contributed by atoms with Crippen LogP contribution in [-0.2, 0) is 13.1 Å². The molecule has 0 unspecified atom stereocenters. The van der Waals surface area contributed by atoms with Gasteiger partial charge >= 0.3 is 6.03 Å². The lowest BCUT2D eigenvalue weighted by molar-refractivity contribution is 0.250. The number of rotatable bonds is 6. The standard InChI is InChI=1S/C25H25ClN6O2/c26-21-15-20(28-25(33)27-16-19-6-8-22-23(14-19)30-34-29-22)7-9-24(21)32-12-10-31(11-13-32)17-18-4-2-1-3-5-18/h1-9,14-15H,10-13,16-17H2,(H2,27,28,33). The van der Waals surface area contributed by atoms with E-state index in [2.05, 4.69) is 55.0 Å². The molecule has 3 aromatic carbocycles. The molecule has 0 saturated carbocycles. The first-order valence-electron chi connectivity index (χ1n) is 11.2. The number of amides is 2. The lowest BCUT2D eigenvalue weighted by Gasteiger charge is -2.36. The second-order valence-electron chi connectivity index (χ2n) is 8.31. The predicted octanol–water partition coefficient (Wildman–Crippen LogP) is 4.52. The number of hydrogen-bond acceptors (Lipinski definition) is 6. The van der Waals surface area contributed by atoms with Gasteiger partial charge in [-0.25, -0.2) is 9.42 Å². The first-order valence-corrected chi connectivity index (χ1v) is 11.6. The Morgan fingerprint density at radius 1 is 0.912 bits per heavy atom. The van der Waals surface area contributed by atoms with E-state index in [9.17, 15) is 4.79 Å². The van der Waals surface area contributed by atoms with Crippen molar-refractivity contribution in [2.24, 2.45) is 0 Å². The molecule has 1 fully saturated rings. The summed E-state index contributed by atoms with van der Waals surface area (Å²) in [6.07, 6.45) is 0. The Labute approximate surface area is 202 Å². The van der Waals surface area contributed by atoms with E-state index in [-0.39, 0.29) is 6.03 Å². The number of urea groups is 1. The number of hydrogen-bond donors (Lipinski definition) is 2. The SMILES string of the molecule is O=C(NCc1ccc2nonc2c1)Nc1ccc(N2CCN(Cc3ccccc3)CC2)c(Cl)c1. The Bertz CT molecular complexity index is 1270. The van der Waals surface area contributed by atoms with E-state index in [1.807, 2.05) is 30.3 Å². The number of benzene rings is 3. The third-order valence-corrected chi connectivity index (χ3v) is 6.24. The fraction of sp³-hybridized carbons (Fsp3) is 0.240. The summed E-state index contributed by atoms with van der Waals surface area (Å²) >= 11 is 6.58. The van der Waals surface area contributed by atoms with E-state index in [1.54, 1.807) is 12.1 Å². The van der Waals surface area contributed by atoms with Gasteiger partial charge in [-0.2, -0.15) is 0 Å². The molecule has 0 spiro atoms. The van der Waals surface area contributed by atoms with Gasteiger partial charge in [-0.1, -0.05) is 48.0 Å². The first-order chi connectivity index (χ1) is 16.6. The summed E-state index contributed by atoms with van der Waals surface area (Å²) in [6.45, 7) is 5.08. The number of fused-ring (bicyclic) bond motifs is 1. The molecule has 1 saturated heterocycles. The third kappa shape index (κ3) is 5.30. The van der Waals surface area contributed by atoms with Gasteiger partial charge in [-0.05, 0) is 51.8 Å². The zero-order chi connectivity index (χ0) is 23.3. The number of nitrogens with zero attached hydrogens (tertiary/aromatic N) is 4. The normalized spacial score (nSPS) is 14.3. The number of nitrogens with one attached hydrogen (secondary N) is 2. The second kappa shape index (κ2) is 10.1. The molecule has 1 aliphatic heterocycles. The molecule has 9 heteroatoms. The van der Waals surface area contributed by atoms with Crippen LogP contribution in [0.4, 0.5) is 16.2 Å². The monoisotopic (exact) mass is 476 g/mol. The average molecular weight is 477 g/mol. The van der Waals surface area contributed by atoms with E-state index >= 15 is 0 Å². The molecule has 0 bridgehead atoms. The fourth-order valence-electron chi connectivity index (χ4n) is 4.12. The van der Waals surface area contributed by atoms with Crippen molar-refractivity contribution >= 4 is 40.0 Å². The number of aromatic nitrogens is 2. The lowest BCUT2D eigenvalue weighted by atomic mass is 10.2. The molecular weight excluding hydrogens is 452 g/mol. The van der Waals surface area contributed by atoms with Crippen molar-refractivity contribution in [3.8, 4) is 0 Å². The van der Waals surface area contributed by atoms with Gasteiger partial charge in [0.2, 0.25) is 0 Å². The Morgan fingerprint density at radius 3 is 2.50 bits per heavy atom. The zero-order valence-electron chi connectivity index (χ0n) is 18.6. The number of carbonyl (C=O) groups is 1. The molecule has 0 aliphatic carbocycles. The highest BCUT2D eigenvalue weighted by atomic mass is 35.5. The van der Waals surface area contributed by atoms with Gasteiger partial charge in [-0.15, -0.1) is 0 Å². The molecule has 2 amide bonds. The van der Waals surface area contributed by atoms with Gasteiger partial charge in [0.1, 0.15) is 11.0 Å². The van der Waals surface area contributed by atoms with Crippen molar-refractivity contribution < 1.29 is 9.42 Å². The van der Waals surface area contributed by atoms with Gasteiger partial charge in [0.05, 0.1) is 10.7 Å². The van der Waals surface area contributed by atoms with Crippen LogP contribution in [0, 0.1) is 0 Å². The second-order valence-corrected chi connectivity index (χ2v) is 8.72. The molecule has 174 valence electrons. The maximum Gasteiger partial charge on any atom is 0.319 e. The molecular formula is C25H25ClN6O2. The minimum absolute atomic E-state index is 0.309. The van der Waals surface area contributed by atoms with Crippen LogP contribution in [0.25, 0.3) is 11.0 Å². The minimum atomic E-state index is -0.309. The van der Waals surface area contributed by atoms with Crippen molar-refractivity contribution in [3.05, 3.63) is 82.9 Å². The summed E-state index contributed by atoms with van der Waals surface area (Å²) in [7, 11) is 0. The van der Waals surface area contributed by atoms with Crippen molar-refractivity contribution in [1.29, 1.82) is 0 Å². The third-order valence-electron chi connectivity index (χ3n) is 5.94. The molecule has 2 N–H and O–H groups in total. The minimum Gasteiger partial charge on any atom is -0.368 e. The highest BCUT2D eigenvalue weighted by Crippen LogP contribution is 2.30. The average Bonchev–Trinajstić information content (AvgIpc) is 3.32. The Kier molecular flexibility index (Phi) is 6.60. The molecule has 34 heavy (non-hydrogen) atoms. The number of anilines is 2. The van der Waals surface area contributed by atoms with Crippen LogP contribution in [-0.4, -0.2) is 47.4 Å². The Balaban J connectivity index is 1.12.